The lowest BCUT2D eigenvalue weighted by Crippen LogP contribution is -2.00. The number of hydrogen-bond acceptors (Lipinski definition) is 7. The molecule has 0 amide bonds. The van der Waals surface area contributed by atoms with E-state index < -0.39 is 5.97 Å². The number of nitrogens with one attached hydrogen (secondary N) is 1. The van der Waals surface area contributed by atoms with Gasteiger partial charge in [0.2, 0.25) is 6.79 Å². The summed E-state index contributed by atoms with van der Waals surface area (Å²) in [6.07, 6.45) is 0. The summed E-state index contributed by atoms with van der Waals surface area (Å²) in [5.74, 6) is 0.101. The van der Waals surface area contributed by atoms with Crippen molar-refractivity contribution in [2.24, 2.45) is 0 Å². The Morgan fingerprint density at radius 3 is 2.63 bits per heavy atom. The van der Waals surface area contributed by atoms with Gasteiger partial charge in [-0.05, 0) is 36.2 Å². The fourth-order valence-electron chi connectivity index (χ4n) is 2.92. The van der Waals surface area contributed by atoms with Gasteiger partial charge in [-0.15, -0.1) is 0 Å². The van der Waals surface area contributed by atoms with Gasteiger partial charge in [0.1, 0.15) is 28.8 Å². The quantitative estimate of drug-likeness (QED) is 0.642. The Labute approximate surface area is 153 Å². The zero-order valence-electron chi connectivity index (χ0n) is 14.1. The van der Waals surface area contributed by atoms with E-state index in [4.69, 9.17) is 20.3 Å². The molecule has 134 valence electrons. The molecule has 1 aliphatic rings. The first-order valence-corrected chi connectivity index (χ1v) is 7.88. The van der Waals surface area contributed by atoms with Crippen LogP contribution in [0.15, 0.2) is 24.3 Å². The number of nitriles is 1. The number of pyridine rings is 1. The first kappa shape index (κ1) is 16.4. The third-order valence-electron chi connectivity index (χ3n) is 4.24. The second-order valence-electron chi connectivity index (χ2n) is 5.92. The standard InChI is InChI=1S/C18H13N5O4/c1-8-2-15-16(27-7-26-15)4-9(8)10-3-12(21-17(20)11(10)6-19)13-5-14(18(24)25)23-22-13/h2-5H,7H2,1H3,(H2,20,21)(H,22,23)(H,24,25). The molecule has 0 fully saturated rings. The number of hydrogen-bond donors (Lipinski definition) is 3. The molecule has 0 radical (unpaired) electrons. The number of aromatic amines is 1. The van der Waals surface area contributed by atoms with Gasteiger partial charge in [-0.2, -0.15) is 10.4 Å². The number of nitrogens with two attached hydrogens (primary N) is 1. The summed E-state index contributed by atoms with van der Waals surface area (Å²) in [5.41, 5.74) is 8.94. The summed E-state index contributed by atoms with van der Waals surface area (Å²) in [4.78, 5) is 15.3. The van der Waals surface area contributed by atoms with Gasteiger partial charge in [0.05, 0.1) is 5.69 Å². The molecule has 3 heterocycles. The van der Waals surface area contributed by atoms with Crippen LogP contribution in [0.25, 0.3) is 22.5 Å². The summed E-state index contributed by atoms with van der Waals surface area (Å²) in [5, 5.41) is 25.0. The Hall–Kier alpha value is -4.06. The van der Waals surface area contributed by atoms with Crippen LogP contribution in [-0.4, -0.2) is 33.1 Å². The lowest BCUT2D eigenvalue weighted by atomic mass is 9.95. The lowest BCUT2D eigenvalue weighted by molar-refractivity contribution is 0.0690. The summed E-state index contributed by atoms with van der Waals surface area (Å²) in [7, 11) is 0. The minimum absolute atomic E-state index is 0.0296. The Kier molecular flexibility index (Phi) is 3.67. The highest BCUT2D eigenvalue weighted by atomic mass is 16.7. The molecule has 0 unspecified atom stereocenters. The number of aromatic carboxylic acids is 1. The SMILES string of the molecule is Cc1cc2c(cc1-c1cc(-c3cc(C(=O)O)[nH]n3)nc(N)c1C#N)OCO2. The van der Waals surface area contributed by atoms with Gasteiger partial charge in [-0.25, -0.2) is 9.78 Å². The van der Waals surface area contributed by atoms with Crippen molar-refractivity contribution < 1.29 is 19.4 Å². The molecule has 0 spiro atoms. The van der Waals surface area contributed by atoms with Crippen LogP contribution in [0.1, 0.15) is 21.6 Å². The number of carbonyl (C=O) groups is 1. The van der Waals surface area contributed by atoms with Crippen LogP contribution in [0.2, 0.25) is 0 Å². The van der Waals surface area contributed by atoms with Gasteiger partial charge in [-0.1, -0.05) is 0 Å². The van der Waals surface area contributed by atoms with Crippen LogP contribution < -0.4 is 15.2 Å². The van der Waals surface area contributed by atoms with Crippen molar-refractivity contribution in [3.8, 4) is 40.1 Å². The number of nitrogen functional groups attached to an aromatic ring is 1. The van der Waals surface area contributed by atoms with Gasteiger partial charge >= 0.3 is 5.97 Å². The molecule has 4 rings (SSSR count). The van der Waals surface area contributed by atoms with E-state index in [2.05, 4.69) is 21.3 Å². The number of carboxylic acids is 1. The van der Waals surface area contributed by atoms with E-state index in [0.717, 1.165) is 11.1 Å². The summed E-state index contributed by atoms with van der Waals surface area (Å²) >= 11 is 0. The average molecular weight is 363 g/mol. The first-order chi connectivity index (χ1) is 13.0. The van der Waals surface area contributed by atoms with Crippen LogP contribution in [-0.2, 0) is 0 Å². The van der Waals surface area contributed by atoms with Gasteiger partial charge in [0, 0.05) is 11.6 Å². The van der Waals surface area contributed by atoms with Crippen molar-refractivity contribution in [3.63, 3.8) is 0 Å². The maximum absolute atomic E-state index is 11.1. The van der Waals surface area contributed by atoms with E-state index in [1.54, 1.807) is 12.1 Å². The molecule has 9 heteroatoms. The number of carboxylic acid groups (broad SMARTS) is 1. The molecule has 0 saturated heterocycles. The molecule has 0 saturated carbocycles. The number of aromatic nitrogens is 3. The van der Waals surface area contributed by atoms with Crippen LogP contribution in [0.4, 0.5) is 5.82 Å². The van der Waals surface area contributed by atoms with Crippen molar-refractivity contribution in [1.82, 2.24) is 15.2 Å². The highest BCUT2D eigenvalue weighted by molar-refractivity contribution is 5.87. The van der Waals surface area contributed by atoms with Crippen molar-refractivity contribution in [2.45, 2.75) is 6.92 Å². The summed E-state index contributed by atoms with van der Waals surface area (Å²) in [6, 6.07) is 8.69. The molecule has 4 N–H and O–H groups in total. The van der Waals surface area contributed by atoms with Crippen molar-refractivity contribution >= 4 is 11.8 Å². The number of nitrogens with zero attached hydrogens (tertiary/aromatic N) is 3. The average Bonchev–Trinajstić information content (AvgIpc) is 3.29. The lowest BCUT2D eigenvalue weighted by Gasteiger charge is -2.12. The van der Waals surface area contributed by atoms with E-state index >= 15 is 0 Å². The van der Waals surface area contributed by atoms with E-state index in [0.29, 0.717) is 28.5 Å². The fraction of sp³-hybridized carbons (Fsp3) is 0.111. The zero-order chi connectivity index (χ0) is 19.1. The third-order valence-corrected chi connectivity index (χ3v) is 4.24. The number of fused-ring (bicyclic) bond motifs is 1. The van der Waals surface area contributed by atoms with Gasteiger partial charge in [-0.3, -0.25) is 5.10 Å². The Morgan fingerprint density at radius 2 is 1.96 bits per heavy atom. The fourth-order valence-corrected chi connectivity index (χ4v) is 2.92. The first-order valence-electron chi connectivity index (χ1n) is 7.88. The smallest absolute Gasteiger partial charge is 0.353 e. The number of benzene rings is 1. The minimum atomic E-state index is -1.14. The number of H-pyrrole nitrogens is 1. The predicted octanol–water partition coefficient (Wildman–Crippen LogP) is 2.33. The monoisotopic (exact) mass is 363 g/mol. The van der Waals surface area contributed by atoms with Gasteiger partial charge in [0.25, 0.3) is 0 Å². The molecule has 0 bridgehead atoms. The van der Waals surface area contributed by atoms with Gasteiger partial charge in [0.15, 0.2) is 11.5 Å². The van der Waals surface area contributed by atoms with Crippen molar-refractivity contribution in [3.05, 3.63) is 41.1 Å². The van der Waals surface area contributed by atoms with Crippen LogP contribution >= 0.6 is 0 Å². The maximum Gasteiger partial charge on any atom is 0.353 e. The topological polar surface area (TPSA) is 147 Å². The van der Waals surface area contributed by atoms with Gasteiger partial charge < -0.3 is 20.3 Å². The van der Waals surface area contributed by atoms with E-state index in [1.165, 1.54) is 6.07 Å². The maximum atomic E-state index is 11.1. The highest BCUT2D eigenvalue weighted by Crippen LogP contribution is 2.40. The highest BCUT2D eigenvalue weighted by Gasteiger charge is 2.21. The van der Waals surface area contributed by atoms with Crippen LogP contribution in [0.5, 0.6) is 11.5 Å². The van der Waals surface area contributed by atoms with Crippen LogP contribution in [0, 0.1) is 18.3 Å². The molecule has 3 aromatic rings. The Morgan fingerprint density at radius 1 is 1.22 bits per heavy atom. The second kappa shape index (κ2) is 6.03. The molecule has 0 aliphatic carbocycles. The van der Waals surface area contributed by atoms with E-state index in [9.17, 15) is 10.1 Å². The molecule has 1 aliphatic heterocycles. The largest absolute Gasteiger partial charge is 0.477 e. The number of rotatable bonds is 3. The molecular formula is C18H13N5O4. The van der Waals surface area contributed by atoms with Crippen LogP contribution in [0.3, 0.4) is 0 Å². The molecule has 0 atom stereocenters. The predicted molar refractivity (Wildman–Crippen MR) is 94.2 cm³/mol. The molecule has 27 heavy (non-hydrogen) atoms. The zero-order valence-corrected chi connectivity index (χ0v) is 14.1. The number of anilines is 1. The Balaban J connectivity index is 1.91. The normalized spacial score (nSPS) is 12.0. The van der Waals surface area contributed by atoms with E-state index in [1.807, 2.05) is 13.0 Å². The summed E-state index contributed by atoms with van der Waals surface area (Å²) in [6.45, 7) is 2.02. The third kappa shape index (κ3) is 2.69. The summed E-state index contributed by atoms with van der Waals surface area (Å²) < 4.78 is 10.8. The Bertz CT molecular complexity index is 1130. The van der Waals surface area contributed by atoms with E-state index in [-0.39, 0.29) is 23.9 Å². The molecule has 1 aromatic carbocycles. The second-order valence-corrected chi connectivity index (χ2v) is 5.92. The van der Waals surface area contributed by atoms with Crippen molar-refractivity contribution in [1.29, 1.82) is 5.26 Å². The number of ether oxygens (including phenoxy) is 2. The molecule has 2 aromatic heterocycles. The molecule has 9 nitrogen and oxygen atoms in total. The molecular weight excluding hydrogens is 350 g/mol. The van der Waals surface area contributed by atoms with Crippen molar-refractivity contribution in [2.75, 3.05) is 12.5 Å². The minimum Gasteiger partial charge on any atom is -0.477 e. The number of aryl methyl sites for hydroxylation is 1.